The maximum Gasteiger partial charge on any atom is 0.178 e. The zero-order valence-electron chi connectivity index (χ0n) is 13.7. The van der Waals surface area contributed by atoms with Crippen LogP contribution in [-0.2, 0) is 9.84 Å². The van der Waals surface area contributed by atoms with Gasteiger partial charge in [-0.15, -0.1) is 0 Å². The molecular weight excluding hydrogens is 294 g/mol. The Hall–Kier alpha value is -0.870. The molecule has 22 heavy (non-hydrogen) atoms. The van der Waals surface area contributed by atoms with Crippen LogP contribution in [0.25, 0.3) is 0 Å². The smallest absolute Gasteiger partial charge is 0.178 e. The lowest BCUT2D eigenvalue weighted by atomic mass is 9.96. The van der Waals surface area contributed by atoms with Crippen LogP contribution in [0.2, 0.25) is 0 Å². The molecule has 0 spiro atoms. The molecule has 0 aliphatic heterocycles. The van der Waals surface area contributed by atoms with E-state index in [9.17, 15) is 8.42 Å². The number of nitrogens with zero attached hydrogens (tertiary/aromatic N) is 1. The van der Waals surface area contributed by atoms with Gasteiger partial charge in [0.05, 0.1) is 10.6 Å². The fourth-order valence-electron chi connectivity index (χ4n) is 3.31. The van der Waals surface area contributed by atoms with Crippen molar-refractivity contribution in [3.63, 3.8) is 0 Å². The van der Waals surface area contributed by atoms with Crippen molar-refractivity contribution in [2.24, 2.45) is 0 Å². The molecule has 1 saturated carbocycles. The summed E-state index contributed by atoms with van der Waals surface area (Å²) in [5, 5.41) is 0. The van der Waals surface area contributed by atoms with Gasteiger partial charge in [0, 0.05) is 6.04 Å². The summed E-state index contributed by atoms with van der Waals surface area (Å²) in [6.07, 6.45) is 9.97. The zero-order valence-corrected chi connectivity index (χ0v) is 14.5. The highest BCUT2D eigenvalue weighted by molar-refractivity contribution is 7.91. The molecule has 0 N–H and O–H groups in total. The quantitative estimate of drug-likeness (QED) is 0.797. The molecule has 0 aromatic heterocycles. The molecule has 1 aromatic rings. The summed E-state index contributed by atoms with van der Waals surface area (Å²) in [4.78, 5) is 2.83. The first-order valence-electron chi connectivity index (χ1n) is 8.57. The Bertz CT molecular complexity index is 519. The molecular formula is C18H29NO2S. The van der Waals surface area contributed by atoms with Crippen molar-refractivity contribution < 1.29 is 8.42 Å². The number of benzene rings is 1. The van der Waals surface area contributed by atoms with Crippen LogP contribution in [0.15, 0.2) is 35.2 Å². The van der Waals surface area contributed by atoms with Crippen molar-refractivity contribution in [2.45, 2.75) is 62.3 Å². The van der Waals surface area contributed by atoms with Gasteiger partial charge in [0.25, 0.3) is 0 Å². The highest BCUT2D eigenvalue weighted by Gasteiger charge is 2.18. The van der Waals surface area contributed by atoms with Crippen molar-refractivity contribution >= 4 is 9.84 Å². The summed E-state index contributed by atoms with van der Waals surface area (Å²) in [5.41, 5.74) is 0. The van der Waals surface area contributed by atoms with Crippen LogP contribution in [0.5, 0.6) is 0 Å². The molecule has 124 valence electrons. The number of rotatable bonds is 6. The monoisotopic (exact) mass is 323 g/mol. The van der Waals surface area contributed by atoms with E-state index in [2.05, 4.69) is 11.9 Å². The van der Waals surface area contributed by atoms with Gasteiger partial charge >= 0.3 is 0 Å². The predicted molar refractivity (Wildman–Crippen MR) is 91.8 cm³/mol. The fraction of sp³-hybridized carbons (Fsp3) is 0.667. The Balaban J connectivity index is 1.79. The Morgan fingerprint density at radius 2 is 1.59 bits per heavy atom. The van der Waals surface area contributed by atoms with E-state index in [1.54, 1.807) is 24.3 Å². The first-order chi connectivity index (χ1) is 10.6. The predicted octanol–water partition coefficient (Wildman–Crippen LogP) is 3.90. The van der Waals surface area contributed by atoms with Crippen molar-refractivity contribution in [3.8, 4) is 0 Å². The molecule has 0 radical (unpaired) electrons. The number of sulfone groups is 1. The summed E-state index contributed by atoms with van der Waals surface area (Å²) in [7, 11) is -0.972. The first-order valence-corrected chi connectivity index (χ1v) is 10.2. The third-order valence-electron chi connectivity index (χ3n) is 4.72. The van der Waals surface area contributed by atoms with Crippen molar-refractivity contribution in [1.29, 1.82) is 0 Å². The van der Waals surface area contributed by atoms with E-state index in [0.717, 1.165) is 6.54 Å². The van der Waals surface area contributed by atoms with Gasteiger partial charge in [-0.25, -0.2) is 8.42 Å². The van der Waals surface area contributed by atoms with Crippen LogP contribution >= 0.6 is 0 Å². The fourth-order valence-corrected chi connectivity index (χ4v) is 4.62. The maximum absolute atomic E-state index is 12.3. The van der Waals surface area contributed by atoms with Gasteiger partial charge in [-0.2, -0.15) is 0 Å². The van der Waals surface area contributed by atoms with Gasteiger partial charge in [-0.1, -0.05) is 50.3 Å². The maximum atomic E-state index is 12.3. The SMILES string of the molecule is CN(CCCS(=O)(=O)c1ccccc1)C1CCCCCCC1. The second-order valence-corrected chi connectivity index (χ2v) is 8.57. The van der Waals surface area contributed by atoms with E-state index in [-0.39, 0.29) is 5.75 Å². The third kappa shape index (κ3) is 5.40. The average molecular weight is 324 g/mol. The second-order valence-electron chi connectivity index (χ2n) is 6.47. The van der Waals surface area contributed by atoms with E-state index >= 15 is 0 Å². The molecule has 3 nitrogen and oxygen atoms in total. The lowest BCUT2D eigenvalue weighted by Gasteiger charge is -2.29. The molecule has 1 aliphatic rings. The molecule has 1 fully saturated rings. The Labute approximate surface area is 135 Å². The van der Waals surface area contributed by atoms with Gasteiger partial charge in [0.1, 0.15) is 0 Å². The lowest BCUT2D eigenvalue weighted by Crippen LogP contribution is -2.33. The Morgan fingerprint density at radius 3 is 2.23 bits per heavy atom. The molecule has 0 saturated heterocycles. The molecule has 0 atom stereocenters. The summed E-state index contributed by atoms with van der Waals surface area (Å²) in [6.45, 7) is 0.872. The summed E-state index contributed by atoms with van der Waals surface area (Å²) < 4.78 is 24.5. The van der Waals surface area contributed by atoms with Gasteiger partial charge in [-0.3, -0.25) is 0 Å². The van der Waals surface area contributed by atoms with Crippen LogP contribution in [0.4, 0.5) is 0 Å². The van der Waals surface area contributed by atoms with Crippen molar-refractivity contribution in [3.05, 3.63) is 30.3 Å². The highest BCUT2D eigenvalue weighted by atomic mass is 32.2. The zero-order chi connectivity index (χ0) is 15.8. The van der Waals surface area contributed by atoms with Crippen LogP contribution in [0.1, 0.15) is 51.4 Å². The molecule has 1 aromatic carbocycles. The minimum absolute atomic E-state index is 0.244. The van der Waals surface area contributed by atoms with Crippen LogP contribution in [0.3, 0.4) is 0 Å². The van der Waals surface area contributed by atoms with E-state index in [0.29, 0.717) is 17.4 Å². The molecule has 2 rings (SSSR count). The molecule has 0 amide bonds. The summed E-state index contributed by atoms with van der Waals surface area (Å²) in [6, 6.07) is 9.43. The highest BCUT2D eigenvalue weighted by Crippen LogP contribution is 2.21. The third-order valence-corrected chi connectivity index (χ3v) is 6.54. The van der Waals surface area contributed by atoms with Crippen molar-refractivity contribution in [2.75, 3.05) is 19.3 Å². The summed E-state index contributed by atoms with van der Waals surface area (Å²) >= 11 is 0. The standard InChI is InChI=1S/C18H29NO2S/c1-19(17-11-6-3-2-4-7-12-17)15-10-16-22(20,21)18-13-8-5-9-14-18/h5,8-9,13-14,17H,2-4,6-7,10-12,15-16H2,1H3. The van der Waals surface area contributed by atoms with E-state index in [4.69, 9.17) is 0 Å². The first kappa shape index (κ1) is 17.5. The molecule has 1 aliphatic carbocycles. The molecule has 0 bridgehead atoms. The molecule has 4 heteroatoms. The van der Waals surface area contributed by atoms with Crippen LogP contribution in [0, 0.1) is 0 Å². The van der Waals surface area contributed by atoms with Gasteiger partial charge in [-0.05, 0) is 45.0 Å². The topological polar surface area (TPSA) is 37.4 Å². The van der Waals surface area contributed by atoms with Gasteiger partial charge in [0.15, 0.2) is 9.84 Å². The van der Waals surface area contributed by atoms with Crippen LogP contribution in [-0.4, -0.2) is 38.7 Å². The summed E-state index contributed by atoms with van der Waals surface area (Å²) in [5.74, 6) is 0.244. The van der Waals surface area contributed by atoms with E-state index < -0.39 is 9.84 Å². The minimum atomic E-state index is -3.13. The molecule has 0 unspecified atom stereocenters. The van der Waals surface area contributed by atoms with Crippen molar-refractivity contribution in [1.82, 2.24) is 4.90 Å². The Kier molecular flexibility index (Phi) is 6.90. The number of hydrogen-bond donors (Lipinski definition) is 0. The Morgan fingerprint density at radius 1 is 1.00 bits per heavy atom. The largest absolute Gasteiger partial charge is 0.303 e. The minimum Gasteiger partial charge on any atom is -0.303 e. The second kappa shape index (κ2) is 8.68. The average Bonchev–Trinajstić information content (AvgIpc) is 2.47. The van der Waals surface area contributed by atoms with E-state index in [1.165, 1.54) is 44.9 Å². The van der Waals surface area contributed by atoms with E-state index in [1.807, 2.05) is 6.07 Å². The molecule has 0 heterocycles. The lowest BCUT2D eigenvalue weighted by molar-refractivity contribution is 0.204. The number of hydrogen-bond acceptors (Lipinski definition) is 3. The van der Waals surface area contributed by atoms with Gasteiger partial charge < -0.3 is 4.90 Å². The van der Waals surface area contributed by atoms with Crippen LogP contribution < -0.4 is 0 Å². The van der Waals surface area contributed by atoms with Gasteiger partial charge in [0.2, 0.25) is 0 Å². The normalized spacial score (nSPS) is 18.1.